The van der Waals surface area contributed by atoms with Crippen LogP contribution in [0.3, 0.4) is 0 Å². The standard InChI is InChI=1S/C20H21N/c1-2-15-7-11-18(12-8-15)20(21)14-16-9-10-17-5-3-4-6-19(17)13-16/h3-13,20H,2,14,21H2,1H3. The normalized spacial score (nSPS) is 12.5. The molecule has 1 unspecified atom stereocenters. The molecule has 0 saturated carbocycles. The highest BCUT2D eigenvalue weighted by Gasteiger charge is 2.07. The highest BCUT2D eigenvalue weighted by Crippen LogP contribution is 2.21. The Morgan fingerprint density at radius 3 is 2.19 bits per heavy atom. The Bertz CT molecular complexity index is 728. The quantitative estimate of drug-likeness (QED) is 0.737. The van der Waals surface area contributed by atoms with Crippen LogP contribution in [0.5, 0.6) is 0 Å². The molecule has 2 N–H and O–H groups in total. The summed E-state index contributed by atoms with van der Waals surface area (Å²) in [6, 6.07) is 23.8. The lowest BCUT2D eigenvalue weighted by Crippen LogP contribution is -2.13. The van der Waals surface area contributed by atoms with E-state index in [0.29, 0.717) is 0 Å². The van der Waals surface area contributed by atoms with Crippen molar-refractivity contribution in [1.29, 1.82) is 0 Å². The highest BCUT2D eigenvalue weighted by molar-refractivity contribution is 5.83. The molecule has 0 spiro atoms. The van der Waals surface area contributed by atoms with E-state index in [-0.39, 0.29) is 6.04 Å². The first-order valence-electron chi connectivity index (χ1n) is 7.58. The molecule has 21 heavy (non-hydrogen) atoms. The van der Waals surface area contributed by atoms with Crippen molar-refractivity contribution in [2.24, 2.45) is 5.73 Å². The number of rotatable bonds is 4. The Morgan fingerprint density at radius 1 is 0.810 bits per heavy atom. The molecular formula is C20H21N. The van der Waals surface area contributed by atoms with Gasteiger partial charge in [0, 0.05) is 6.04 Å². The van der Waals surface area contributed by atoms with Gasteiger partial charge in [0.1, 0.15) is 0 Å². The van der Waals surface area contributed by atoms with Crippen LogP contribution in [0.15, 0.2) is 66.7 Å². The lowest BCUT2D eigenvalue weighted by atomic mass is 9.97. The molecule has 0 aliphatic heterocycles. The summed E-state index contributed by atoms with van der Waals surface area (Å²) >= 11 is 0. The number of nitrogens with two attached hydrogens (primary N) is 1. The molecule has 0 radical (unpaired) electrons. The van der Waals surface area contributed by atoms with Gasteiger partial charge < -0.3 is 5.73 Å². The van der Waals surface area contributed by atoms with E-state index in [1.54, 1.807) is 0 Å². The fraction of sp³-hybridized carbons (Fsp3) is 0.200. The second-order valence-corrected chi connectivity index (χ2v) is 5.59. The van der Waals surface area contributed by atoms with E-state index < -0.39 is 0 Å². The first-order chi connectivity index (χ1) is 10.3. The van der Waals surface area contributed by atoms with Crippen molar-refractivity contribution in [1.82, 2.24) is 0 Å². The Labute approximate surface area is 126 Å². The largest absolute Gasteiger partial charge is 0.324 e. The third-order valence-corrected chi connectivity index (χ3v) is 4.09. The van der Waals surface area contributed by atoms with Gasteiger partial charge in [-0.15, -0.1) is 0 Å². The molecule has 0 heterocycles. The predicted octanol–water partition coefficient (Wildman–Crippen LogP) is 4.64. The maximum atomic E-state index is 6.36. The molecule has 0 fully saturated rings. The maximum absolute atomic E-state index is 6.36. The lowest BCUT2D eigenvalue weighted by molar-refractivity contribution is 0.722. The van der Waals surface area contributed by atoms with Crippen molar-refractivity contribution in [2.75, 3.05) is 0 Å². The molecule has 1 nitrogen and oxygen atoms in total. The number of hydrogen-bond acceptors (Lipinski definition) is 1. The van der Waals surface area contributed by atoms with Crippen molar-refractivity contribution in [3.8, 4) is 0 Å². The van der Waals surface area contributed by atoms with Crippen molar-refractivity contribution in [3.05, 3.63) is 83.4 Å². The molecule has 1 heteroatoms. The molecule has 1 atom stereocenters. The lowest BCUT2D eigenvalue weighted by Gasteiger charge is -2.13. The Hall–Kier alpha value is -2.12. The van der Waals surface area contributed by atoms with Gasteiger partial charge in [0.2, 0.25) is 0 Å². The van der Waals surface area contributed by atoms with Crippen LogP contribution in [0.25, 0.3) is 10.8 Å². The number of hydrogen-bond donors (Lipinski definition) is 1. The van der Waals surface area contributed by atoms with Gasteiger partial charge in [-0.3, -0.25) is 0 Å². The molecule has 3 aromatic carbocycles. The number of benzene rings is 3. The second-order valence-electron chi connectivity index (χ2n) is 5.59. The summed E-state index contributed by atoms with van der Waals surface area (Å²) in [4.78, 5) is 0. The van der Waals surface area contributed by atoms with Crippen molar-refractivity contribution in [3.63, 3.8) is 0 Å². The number of aryl methyl sites for hydroxylation is 1. The third kappa shape index (κ3) is 3.14. The van der Waals surface area contributed by atoms with E-state index in [1.165, 1.54) is 27.5 Å². The van der Waals surface area contributed by atoms with Crippen LogP contribution in [0, 0.1) is 0 Å². The van der Waals surface area contributed by atoms with Gasteiger partial charge >= 0.3 is 0 Å². The SMILES string of the molecule is CCc1ccc(C(N)Cc2ccc3ccccc3c2)cc1. The van der Waals surface area contributed by atoms with Crippen molar-refractivity contribution in [2.45, 2.75) is 25.8 Å². The monoisotopic (exact) mass is 275 g/mol. The van der Waals surface area contributed by atoms with E-state index in [2.05, 4.69) is 73.7 Å². The average molecular weight is 275 g/mol. The minimum Gasteiger partial charge on any atom is -0.324 e. The zero-order valence-electron chi connectivity index (χ0n) is 12.4. The minimum atomic E-state index is 0.0528. The van der Waals surface area contributed by atoms with E-state index in [1.807, 2.05) is 0 Å². The van der Waals surface area contributed by atoms with Crippen molar-refractivity contribution < 1.29 is 0 Å². The number of fused-ring (bicyclic) bond motifs is 1. The molecular weight excluding hydrogens is 254 g/mol. The molecule has 106 valence electrons. The van der Waals surface area contributed by atoms with Gasteiger partial charge in [0.15, 0.2) is 0 Å². The first-order valence-corrected chi connectivity index (χ1v) is 7.58. The third-order valence-electron chi connectivity index (χ3n) is 4.09. The molecule has 0 bridgehead atoms. The van der Waals surface area contributed by atoms with Gasteiger partial charge in [-0.2, -0.15) is 0 Å². The van der Waals surface area contributed by atoms with Crippen LogP contribution in [0.4, 0.5) is 0 Å². The summed E-state index contributed by atoms with van der Waals surface area (Å²) < 4.78 is 0. The highest BCUT2D eigenvalue weighted by atomic mass is 14.6. The van der Waals surface area contributed by atoms with Crippen LogP contribution in [-0.4, -0.2) is 0 Å². The zero-order chi connectivity index (χ0) is 14.7. The van der Waals surface area contributed by atoms with Crippen LogP contribution in [0.1, 0.15) is 29.7 Å². The summed E-state index contributed by atoms with van der Waals surface area (Å²) in [6.45, 7) is 2.17. The summed E-state index contributed by atoms with van der Waals surface area (Å²) in [5.41, 5.74) is 10.2. The Kier molecular flexibility index (Phi) is 4.03. The van der Waals surface area contributed by atoms with Crippen molar-refractivity contribution >= 4 is 10.8 Å². The summed E-state index contributed by atoms with van der Waals surface area (Å²) in [7, 11) is 0. The molecule has 0 amide bonds. The van der Waals surface area contributed by atoms with Gasteiger partial charge in [0.25, 0.3) is 0 Å². The predicted molar refractivity (Wildman–Crippen MR) is 90.4 cm³/mol. The van der Waals surface area contributed by atoms with Crippen LogP contribution < -0.4 is 5.73 Å². The van der Waals surface area contributed by atoms with Gasteiger partial charge in [-0.25, -0.2) is 0 Å². The van der Waals surface area contributed by atoms with E-state index in [9.17, 15) is 0 Å². The zero-order valence-corrected chi connectivity index (χ0v) is 12.4. The molecule has 0 saturated heterocycles. The topological polar surface area (TPSA) is 26.0 Å². The molecule has 0 aliphatic carbocycles. The Balaban J connectivity index is 1.79. The molecule has 0 aromatic heterocycles. The molecule has 3 rings (SSSR count). The molecule has 3 aromatic rings. The average Bonchev–Trinajstić information content (AvgIpc) is 2.55. The summed E-state index contributed by atoms with van der Waals surface area (Å²) in [5.74, 6) is 0. The fourth-order valence-corrected chi connectivity index (χ4v) is 2.74. The first kappa shape index (κ1) is 13.8. The fourth-order valence-electron chi connectivity index (χ4n) is 2.74. The van der Waals surface area contributed by atoms with E-state index >= 15 is 0 Å². The molecule has 0 aliphatic rings. The summed E-state index contributed by atoms with van der Waals surface area (Å²) in [5, 5.41) is 2.56. The second kappa shape index (κ2) is 6.11. The van der Waals surface area contributed by atoms with Crippen LogP contribution >= 0.6 is 0 Å². The summed E-state index contributed by atoms with van der Waals surface area (Å²) in [6.07, 6.45) is 1.94. The Morgan fingerprint density at radius 2 is 1.48 bits per heavy atom. The van der Waals surface area contributed by atoms with E-state index in [0.717, 1.165) is 12.8 Å². The maximum Gasteiger partial charge on any atom is 0.0335 e. The smallest absolute Gasteiger partial charge is 0.0335 e. The minimum absolute atomic E-state index is 0.0528. The van der Waals surface area contributed by atoms with Gasteiger partial charge in [-0.05, 0) is 40.3 Å². The van der Waals surface area contributed by atoms with Crippen LogP contribution in [0.2, 0.25) is 0 Å². The van der Waals surface area contributed by atoms with E-state index in [4.69, 9.17) is 5.73 Å². The van der Waals surface area contributed by atoms with Crippen LogP contribution in [-0.2, 0) is 12.8 Å². The van der Waals surface area contributed by atoms with Gasteiger partial charge in [-0.1, -0.05) is 73.7 Å². The van der Waals surface area contributed by atoms with Gasteiger partial charge in [0.05, 0.1) is 0 Å².